The second-order valence-corrected chi connectivity index (χ2v) is 6.75. The Morgan fingerprint density at radius 3 is 3.00 bits per heavy atom. The summed E-state index contributed by atoms with van der Waals surface area (Å²) in [6.45, 7) is 5.99. The van der Waals surface area contributed by atoms with Crippen LogP contribution in [0.15, 0.2) is 12.2 Å². The summed E-state index contributed by atoms with van der Waals surface area (Å²) < 4.78 is 11.2. The minimum absolute atomic E-state index is 0.364. The Labute approximate surface area is 123 Å². The van der Waals surface area contributed by atoms with Crippen molar-refractivity contribution >= 4 is 0 Å². The lowest BCUT2D eigenvalue weighted by atomic mass is 9.87. The fourth-order valence-corrected chi connectivity index (χ4v) is 4.04. The zero-order chi connectivity index (χ0) is 13.8. The molecule has 2 bridgehead atoms. The van der Waals surface area contributed by atoms with Crippen LogP contribution < -0.4 is 5.32 Å². The van der Waals surface area contributed by atoms with E-state index in [0.29, 0.717) is 12.1 Å². The lowest BCUT2D eigenvalue weighted by molar-refractivity contribution is 0.0164. The van der Waals surface area contributed by atoms with E-state index in [0.717, 1.165) is 50.5 Å². The van der Waals surface area contributed by atoms with Crippen molar-refractivity contribution in [2.45, 2.75) is 51.2 Å². The van der Waals surface area contributed by atoms with Crippen LogP contribution in [0.2, 0.25) is 0 Å². The predicted octanol–water partition coefficient (Wildman–Crippen LogP) is 2.76. The number of rotatable bonds is 8. The molecule has 1 saturated heterocycles. The zero-order valence-electron chi connectivity index (χ0n) is 12.7. The van der Waals surface area contributed by atoms with Gasteiger partial charge in [-0.1, -0.05) is 12.2 Å². The van der Waals surface area contributed by atoms with Crippen LogP contribution in [0, 0.1) is 17.8 Å². The van der Waals surface area contributed by atoms with Gasteiger partial charge in [0, 0.05) is 19.3 Å². The fraction of sp³-hybridized carbons (Fsp3) is 0.882. The molecule has 1 N–H and O–H groups in total. The third kappa shape index (κ3) is 3.63. The lowest BCUT2D eigenvalue weighted by Crippen LogP contribution is -2.36. The van der Waals surface area contributed by atoms with E-state index >= 15 is 0 Å². The smallest absolute Gasteiger partial charge is 0.0809 e. The lowest BCUT2D eigenvalue weighted by Gasteiger charge is -2.26. The van der Waals surface area contributed by atoms with Crippen molar-refractivity contribution in [3.63, 3.8) is 0 Å². The summed E-state index contributed by atoms with van der Waals surface area (Å²) in [6.07, 6.45) is 11.5. The molecule has 2 fully saturated rings. The minimum Gasteiger partial charge on any atom is -0.379 e. The van der Waals surface area contributed by atoms with E-state index in [-0.39, 0.29) is 0 Å². The summed E-state index contributed by atoms with van der Waals surface area (Å²) in [5, 5.41) is 3.69. The Hall–Kier alpha value is -0.380. The van der Waals surface area contributed by atoms with Gasteiger partial charge in [0.1, 0.15) is 0 Å². The largest absolute Gasteiger partial charge is 0.379 e. The fourth-order valence-electron chi connectivity index (χ4n) is 4.04. The van der Waals surface area contributed by atoms with E-state index in [1.165, 1.54) is 25.7 Å². The van der Waals surface area contributed by atoms with Gasteiger partial charge in [-0.2, -0.15) is 0 Å². The Kier molecular flexibility index (Phi) is 5.14. The maximum atomic E-state index is 5.70. The monoisotopic (exact) mass is 279 g/mol. The molecule has 3 aliphatic rings. The van der Waals surface area contributed by atoms with Crippen LogP contribution in [-0.4, -0.2) is 38.5 Å². The van der Waals surface area contributed by atoms with Crippen molar-refractivity contribution in [3.8, 4) is 0 Å². The molecular formula is C17H29NO2. The van der Waals surface area contributed by atoms with Gasteiger partial charge in [0.15, 0.2) is 0 Å². The number of hydrogen-bond donors (Lipinski definition) is 1. The maximum Gasteiger partial charge on any atom is 0.0809 e. The van der Waals surface area contributed by atoms with Gasteiger partial charge < -0.3 is 14.8 Å². The van der Waals surface area contributed by atoms with E-state index in [1.807, 2.05) is 0 Å². The van der Waals surface area contributed by atoms with E-state index < -0.39 is 0 Å². The van der Waals surface area contributed by atoms with Gasteiger partial charge in [0.05, 0.1) is 12.7 Å². The molecule has 1 saturated carbocycles. The Balaban J connectivity index is 1.22. The molecule has 1 aliphatic heterocycles. The SMILES string of the molecule is CC(NCCCOCC1CCCO1)C1CC2C=CC1C2. The van der Waals surface area contributed by atoms with Crippen molar-refractivity contribution < 1.29 is 9.47 Å². The third-order valence-corrected chi connectivity index (χ3v) is 5.23. The highest BCUT2D eigenvalue weighted by molar-refractivity contribution is 5.11. The molecule has 5 unspecified atom stereocenters. The van der Waals surface area contributed by atoms with Gasteiger partial charge in [-0.3, -0.25) is 0 Å². The molecular weight excluding hydrogens is 250 g/mol. The van der Waals surface area contributed by atoms with Gasteiger partial charge in [-0.25, -0.2) is 0 Å². The Bertz CT molecular complexity index is 325. The van der Waals surface area contributed by atoms with Crippen molar-refractivity contribution in [1.82, 2.24) is 5.32 Å². The van der Waals surface area contributed by atoms with Gasteiger partial charge in [0.2, 0.25) is 0 Å². The van der Waals surface area contributed by atoms with Crippen LogP contribution in [0.4, 0.5) is 0 Å². The number of nitrogens with one attached hydrogen (secondary N) is 1. The molecule has 0 amide bonds. The summed E-state index contributed by atoms with van der Waals surface area (Å²) in [7, 11) is 0. The van der Waals surface area contributed by atoms with Gasteiger partial charge in [-0.15, -0.1) is 0 Å². The van der Waals surface area contributed by atoms with E-state index in [2.05, 4.69) is 24.4 Å². The predicted molar refractivity (Wildman–Crippen MR) is 80.7 cm³/mol. The van der Waals surface area contributed by atoms with Crippen LogP contribution in [0.25, 0.3) is 0 Å². The van der Waals surface area contributed by atoms with Crippen LogP contribution in [0.3, 0.4) is 0 Å². The highest BCUT2D eigenvalue weighted by atomic mass is 16.5. The van der Waals surface area contributed by atoms with Crippen LogP contribution in [0.1, 0.15) is 39.0 Å². The molecule has 2 aliphatic carbocycles. The summed E-state index contributed by atoms with van der Waals surface area (Å²) in [4.78, 5) is 0. The standard InChI is InChI=1S/C17H29NO2/c1-13(17-11-14-5-6-15(17)10-14)18-7-3-8-19-12-16-4-2-9-20-16/h5-6,13-18H,2-4,7-12H2,1H3. The Morgan fingerprint density at radius 2 is 2.30 bits per heavy atom. The van der Waals surface area contributed by atoms with Crippen molar-refractivity contribution in [2.24, 2.45) is 17.8 Å². The molecule has 1 heterocycles. The number of ether oxygens (including phenoxy) is 2. The summed E-state index contributed by atoms with van der Waals surface area (Å²) in [6, 6.07) is 0.646. The third-order valence-electron chi connectivity index (χ3n) is 5.23. The van der Waals surface area contributed by atoms with Gasteiger partial charge >= 0.3 is 0 Å². The first-order valence-electron chi connectivity index (χ1n) is 8.44. The highest BCUT2D eigenvalue weighted by Gasteiger charge is 2.38. The van der Waals surface area contributed by atoms with Crippen molar-refractivity contribution in [1.29, 1.82) is 0 Å². The van der Waals surface area contributed by atoms with Crippen LogP contribution in [0.5, 0.6) is 0 Å². The first-order valence-corrected chi connectivity index (χ1v) is 8.44. The first kappa shape index (κ1) is 14.6. The summed E-state index contributed by atoms with van der Waals surface area (Å²) >= 11 is 0. The molecule has 0 aromatic rings. The van der Waals surface area contributed by atoms with E-state index in [1.54, 1.807) is 0 Å². The normalized spacial score (nSPS) is 36.9. The van der Waals surface area contributed by atoms with E-state index in [9.17, 15) is 0 Å². The van der Waals surface area contributed by atoms with Gasteiger partial charge in [0.25, 0.3) is 0 Å². The van der Waals surface area contributed by atoms with Crippen LogP contribution >= 0.6 is 0 Å². The average molecular weight is 279 g/mol. The van der Waals surface area contributed by atoms with Gasteiger partial charge in [-0.05, 0) is 63.3 Å². The summed E-state index contributed by atoms with van der Waals surface area (Å²) in [5.74, 6) is 2.58. The second kappa shape index (κ2) is 7.06. The molecule has 0 spiro atoms. The maximum absolute atomic E-state index is 5.70. The van der Waals surface area contributed by atoms with Crippen LogP contribution in [-0.2, 0) is 9.47 Å². The molecule has 114 valence electrons. The average Bonchev–Trinajstić information content (AvgIpc) is 3.18. The molecule has 20 heavy (non-hydrogen) atoms. The number of fused-ring (bicyclic) bond motifs is 2. The van der Waals surface area contributed by atoms with Crippen molar-refractivity contribution in [3.05, 3.63) is 12.2 Å². The number of allylic oxidation sites excluding steroid dienone is 2. The first-order chi connectivity index (χ1) is 9.83. The Morgan fingerprint density at radius 1 is 1.35 bits per heavy atom. The quantitative estimate of drug-likeness (QED) is 0.547. The molecule has 5 atom stereocenters. The molecule has 3 rings (SSSR count). The van der Waals surface area contributed by atoms with Crippen molar-refractivity contribution in [2.75, 3.05) is 26.4 Å². The zero-order valence-corrected chi connectivity index (χ0v) is 12.7. The second-order valence-electron chi connectivity index (χ2n) is 6.75. The summed E-state index contributed by atoms with van der Waals surface area (Å²) in [5.41, 5.74) is 0. The topological polar surface area (TPSA) is 30.5 Å². The highest BCUT2D eigenvalue weighted by Crippen LogP contribution is 2.44. The molecule has 0 aromatic heterocycles. The molecule has 3 heteroatoms. The van der Waals surface area contributed by atoms with E-state index in [4.69, 9.17) is 9.47 Å². The molecule has 0 radical (unpaired) electrons. The minimum atomic E-state index is 0.364. The molecule has 3 nitrogen and oxygen atoms in total. The molecule has 0 aromatic carbocycles. The number of hydrogen-bond acceptors (Lipinski definition) is 3.